The molecule has 0 saturated heterocycles. The van der Waals surface area contributed by atoms with Gasteiger partial charge in [-0.25, -0.2) is 13.6 Å². The molecule has 6 heteroatoms. The molecule has 1 aromatic carbocycles. The number of hydrogen-bond donors (Lipinski definition) is 1. The standard InChI is InChI=1S/C15H25NO4S/c1-11(2)5-6-19-7-8-20-14-9-13(4)15(10-12(14)3)21(16,17)18/h9-11H,5-8H2,1-4H3,(H2,16,17,18). The van der Waals surface area contributed by atoms with Gasteiger partial charge in [-0.3, -0.25) is 0 Å². The Bertz CT molecular complexity index is 567. The van der Waals surface area contributed by atoms with Gasteiger partial charge in [0, 0.05) is 6.61 Å². The first-order valence-electron chi connectivity index (χ1n) is 7.06. The predicted molar refractivity (Wildman–Crippen MR) is 83.1 cm³/mol. The normalized spacial score (nSPS) is 11.9. The second-order valence-corrected chi connectivity index (χ2v) is 7.10. The summed E-state index contributed by atoms with van der Waals surface area (Å²) in [7, 11) is -3.69. The molecule has 1 aromatic rings. The lowest BCUT2D eigenvalue weighted by atomic mass is 10.1. The average molecular weight is 315 g/mol. The molecule has 0 fully saturated rings. The monoisotopic (exact) mass is 315 g/mol. The van der Waals surface area contributed by atoms with E-state index < -0.39 is 10.0 Å². The van der Waals surface area contributed by atoms with Crippen molar-refractivity contribution in [3.8, 4) is 5.75 Å². The number of rotatable bonds is 8. The first kappa shape index (κ1) is 17.9. The van der Waals surface area contributed by atoms with E-state index in [2.05, 4.69) is 13.8 Å². The minimum Gasteiger partial charge on any atom is -0.491 e. The van der Waals surface area contributed by atoms with Crippen LogP contribution in [0.2, 0.25) is 0 Å². The molecule has 5 nitrogen and oxygen atoms in total. The van der Waals surface area contributed by atoms with Crippen LogP contribution in [0.3, 0.4) is 0 Å². The maximum absolute atomic E-state index is 11.4. The molecule has 0 aliphatic carbocycles. The number of sulfonamides is 1. The van der Waals surface area contributed by atoms with Gasteiger partial charge >= 0.3 is 0 Å². The number of hydrogen-bond acceptors (Lipinski definition) is 4. The number of nitrogens with two attached hydrogens (primary N) is 1. The molecule has 0 heterocycles. The van der Waals surface area contributed by atoms with Crippen molar-refractivity contribution < 1.29 is 17.9 Å². The van der Waals surface area contributed by atoms with E-state index in [-0.39, 0.29) is 4.90 Å². The quantitative estimate of drug-likeness (QED) is 0.747. The summed E-state index contributed by atoms with van der Waals surface area (Å²) in [5, 5.41) is 5.17. The first-order chi connectivity index (χ1) is 9.71. The van der Waals surface area contributed by atoms with Gasteiger partial charge in [0.2, 0.25) is 10.0 Å². The molecular weight excluding hydrogens is 290 g/mol. The number of ether oxygens (including phenoxy) is 2. The fraction of sp³-hybridized carbons (Fsp3) is 0.600. The fourth-order valence-electron chi connectivity index (χ4n) is 1.86. The lowest BCUT2D eigenvalue weighted by Crippen LogP contribution is -2.14. The fourth-order valence-corrected chi connectivity index (χ4v) is 2.71. The van der Waals surface area contributed by atoms with Crippen LogP contribution in [0.15, 0.2) is 17.0 Å². The Morgan fingerprint density at radius 1 is 1.10 bits per heavy atom. The third-order valence-corrected chi connectivity index (χ3v) is 4.16. The molecule has 2 N–H and O–H groups in total. The van der Waals surface area contributed by atoms with Gasteiger partial charge in [0.1, 0.15) is 12.4 Å². The molecule has 0 spiro atoms. The summed E-state index contributed by atoms with van der Waals surface area (Å²) in [4.78, 5) is 0.139. The molecule has 0 unspecified atom stereocenters. The van der Waals surface area contributed by atoms with Gasteiger partial charge in [-0.1, -0.05) is 13.8 Å². The predicted octanol–water partition coefficient (Wildman–Crippen LogP) is 2.39. The zero-order valence-electron chi connectivity index (χ0n) is 13.2. The third kappa shape index (κ3) is 6.03. The largest absolute Gasteiger partial charge is 0.491 e. The molecule has 1 rings (SSSR count). The van der Waals surface area contributed by atoms with E-state index in [0.29, 0.717) is 30.4 Å². The highest BCUT2D eigenvalue weighted by Crippen LogP contribution is 2.25. The molecule has 0 radical (unpaired) electrons. The zero-order valence-corrected chi connectivity index (χ0v) is 14.0. The van der Waals surface area contributed by atoms with Crippen LogP contribution in [-0.2, 0) is 14.8 Å². The highest BCUT2D eigenvalue weighted by atomic mass is 32.2. The van der Waals surface area contributed by atoms with E-state index in [4.69, 9.17) is 14.6 Å². The van der Waals surface area contributed by atoms with Crippen molar-refractivity contribution in [3.05, 3.63) is 23.3 Å². The molecule has 0 bridgehead atoms. The zero-order chi connectivity index (χ0) is 16.0. The first-order valence-corrected chi connectivity index (χ1v) is 8.61. The summed E-state index contributed by atoms with van der Waals surface area (Å²) in [6.07, 6.45) is 1.03. The minimum atomic E-state index is -3.69. The van der Waals surface area contributed by atoms with Crippen molar-refractivity contribution in [1.29, 1.82) is 0 Å². The second-order valence-electron chi connectivity index (χ2n) is 5.57. The molecule has 0 amide bonds. The second kappa shape index (κ2) is 7.77. The Morgan fingerprint density at radius 2 is 1.76 bits per heavy atom. The van der Waals surface area contributed by atoms with Crippen LogP contribution in [0.1, 0.15) is 31.4 Å². The summed E-state index contributed by atoms with van der Waals surface area (Å²) >= 11 is 0. The lowest BCUT2D eigenvalue weighted by Gasteiger charge is -2.13. The minimum absolute atomic E-state index is 0.139. The average Bonchev–Trinajstić information content (AvgIpc) is 2.35. The van der Waals surface area contributed by atoms with E-state index in [1.165, 1.54) is 0 Å². The lowest BCUT2D eigenvalue weighted by molar-refractivity contribution is 0.0923. The topological polar surface area (TPSA) is 78.6 Å². The van der Waals surface area contributed by atoms with Gasteiger partial charge in [-0.15, -0.1) is 0 Å². The Kier molecular flexibility index (Phi) is 6.64. The summed E-state index contributed by atoms with van der Waals surface area (Å²) in [5.74, 6) is 1.29. The molecule has 120 valence electrons. The van der Waals surface area contributed by atoms with Gasteiger partial charge in [0.15, 0.2) is 0 Å². The maximum Gasteiger partial charge on any atom is 0.238 e. The van der Waals surface area contributed by atoms with Crippen molar-refractivity contribution in [3.63, 3.8) is 0 Å². The van der Waals surface area contributed by atoms with Gasteiger partial charge < -0.3 is 9.47 Å². The van der Waals surface area contributed by atoms with Crippen molar-refractivity contribution in [2.24, 2.45) is 11.1 Å². The Hall–Kier alpha value is -1.11. The molecule has 0 aliphatic heterocycles. The molecule has 0 aliphatic rings. The SMILES string of the molecule is Cc1cc(S(N)(=O)=O)c(C)cc1OCCOCCC(C)C. The van der Waals surface area contributed by atoms with Crippen LogP contribution < -0.4 is 9.88 Å². The maximum atomic E-state index is 11.4. The molecule has 21 heavy (non-hydrogen) atoms. The van der Waals surface area contributed by atoms with Gasteiger partial charge in [-0.05, 0) is 49.4 Å². The van der Waals surface area contributed by atoms with Crippen LogP contribution in [0.25, 0.3) is 0 Å². The molecule has 0 saturated carbocycles. The highest BCUT2D eigenvalue weighted by Gasteiger charge is 2.14. The van der Waals surface area contributed by atoms with Crippen LogP contribution >= 0.6 is 0 Å². The molecule has 0 atom stereocenters. The Morgan fingerprint density at radius 3 is 2.33 bits per heavy atom. The Balaban J connectivity index is 2.56. The van der Waals surface area contributed by atoms with Crippen LogP contribution in [0.5, 0.6) is 5.75 Å². The van der Waals surface area contributed by atoms with E-state index >= 15 is 0 Å². The third-order valence-electron chi connectivity index (χ3n) is 3.10. The van der Waals surface area contributed by atoms with Crippen molar-refractivity contribution >= 4 is 10.0 Å². The van der Waals surface area contributed by atoms with Gasteiger partial charge in [0.05, 0.1) is 11.5 Å². The number of benzene rings is 1. The van der Waals surface area contributed by atoms with Crippen LogP contribution in [0, 0.1) is 19.8 Å². The van der Waals surface area contributed by atoms with E-state index in [1.807, 2.05) is 0 Å². The molecule has 0 aromatic heterocycles. The smallest absolute Gasteiger partial charge is 0.238 e. The van der Waals surface area contributed by atoms with Crippen LogP contribution in [0.4, 0.5) is 0 Å². The summed E-state index contributed by atoms with van der Waals surface area (Å²) in [6.45, 7) is 9.48. The number of aryl methyl sites for hydroxylation is 2. The van der Waals surface area contributed by atoms with Gasteiger partial charge in [-0.2, -0.15) is 0 Å². The van der Waals surface area contributed by atoms with Crippen molar-refractivity contribution in [2.45, 2.75) is 39.0 Å². The summed E-state index contributed by atoms with van der Waals surface area (Å²) in [6, 6.07) is 3.24. The summed E-state index contributed by atoms with van der Waals surface area (Å²) < 4.78 is 33.9. The van der Waals surface area contributed by atoms with Crippen LogP contribution in [-0.4, -0.2) is 28.2 Å². The van der Waals surface area contributed by atoms with E-state index in [1.54, 1.807) is 26.0 Å². The van der Waals surface area contributed by atoms with E-state index in [9.17, 15) is 8.42 Å². The molecular formula is C15H25NO4S. The van der Waals surface area contributed by atoms with Crippen molar-refractivity contribution in [1.82, 2.24) is 0 Å². The van der Waals surface area contributed by atoms with Crippen molar-refractivity contribution in [2.75, 3.05) is 19.8 Å². The number of primary sulfonamides is 1. The summed E-state index contributed by atoms with van der Waals surface area (Å²) in [5.41, 5.74) is 1.32. The van der Waals surface area contributed by atoms with Gasteiger partial charge in [0.25, 0.3) is 0 Å². The van der Waals surface area contributed by atoms with E-state index in [0.717, 1.165) is 18.6 Å². The Labute approximate surface area is 127 Å². The highest BCUT2D eigenvalue weighted by molar-refractivity contribution is 7.89.